The van der Waals surface area contributed by atoms with E-state index in [9.17, 15) is 9.59 Å². The van der Waals surface area contributed by atoms with E-state index < -0.39 is 6.04 Å². The van der Waals surface area contributed by atoms with Gasteiger partial charge in [0, 0.05) is 34.6 Å². The highest BCUT2D eigenvalue weighted by Crippen LogP contribution is 2.46. The van der Waals surface area contributed by atoms with Crippen LogP contribution in [0.4, 0.5) is 0 Å². The molecular weight excluding hydrogens is 362 g/mol. The lowest BCUT2D eigenvalue weighted by atomic mass is 9.90. The van der Waals surface area contributed by atoms with E-state index in [4.69, 9.17) is 0 Å². The molecule has 0 saturated heterocycles. The Morgan fingerprint density at radius 1 is 1.03 bits per heavy atom. The Morgan fingerprint density at radius 3 is 2.66 bits per heavy atom. The van der Waals surface area contributed by atoms with Crippen LogP contribution in [0.1, 0.15) is 58.9 Å². The number of fused-ring (bicyclic) bond motifs is 7. The number of nitrogens with zero attached hydrogens (tertiary/aromatic N) is 1. The summed E-state index contributed by atoms with van der Waals surface area (Å²) in [5.41, 5.74) is 4.98. The minimum atomic E-state index is -0.479. The summed E-state index contributed by atoms with van der Waals surface area (Å²) in [5, 5.41) is 4.39. The molecule has 0 radical (unpaired) electrons. The van der Waals surface area contributed by atoms with Gasteiger partial charge in [-0.05, 0) is 36.1 Å². The Morgan fingerprint density at radius 2 is 1.79 bits per heavy atom. The Balaban J connectivity index is 1.49. The highest BCUT2D eigenvalue weighted by atomic mass is 16.2. The summed E-state index contributed by atoms with van der Waals surface area (Å²) in [6, 6.07) is 15.5. The average Bonchev–Trinajstić information content (AvgIpc) is 3.45. The molecule has 3 aromatic rings. The Labute approximate surface area is 169 Å². The fourth-order valence-corrected chi connectivity index (χ4v) is 5.50. The summed E-state index contributed by atoms with van der Waals surface area (Å²) in [4.78, 5) is 32.1. The molecule has 0 bridgehead atoms. The first kappa shape index (κ1) is 16.8. The summed E-state index contributed by atoms with van der Waals surface area (Å²) in [6.07, 6.45) is 4.95. The molecule has 2 amide bonds. The molecule has 146 valence electrons. The third kappa shape index (κ3) is 2.40. The van der Waals surface area contributed by atoms with Crippen molar-refractivity contribution in [2.24, 2.45) is 0 Å². The van der Waals surface area contributed by atoms with Gasteiger partial charge in [0.25, 0.3) is 5.91 Å². The zero-order valence-corrected chi connectivity index (χ0v) is 16.2. The zero-order valence-electron chi connectivity index (χ0n) is 16.2. The molecular formula is C24H23N3O2. The number of hydrogen-bond donors (Lipinski definition) is 2. The Kier molecular flexibility index (Phi) is 3.60. The number of rotatable bonds is 2. The number of carbonyl (C=O) groups is 2. The van der Waals surface area contributed by atoms with Crippen molar-refractivity contribution in [2.75, 3.05) is 0 Å². The van der Waals surface area contributed by atoms with Crippen LogP contribution in [0.3, 0.4) is 0 Å². The molecule has 3 aliphatic rings. The first-order valence-corrected chi connectivity index (χ1v) is 10.5. The van der Waals surface area contributed by atoms with Crippen molar-refractivity contribution in [1.29, 1.82) is 0 Å². The lowest BCUT2D eigenvalue weighted by Gasteiger charge is -2.37. The molecule has 2 aromatic carbocycles. The first-order valence-electron chi connectivity index (χ1n) is 10.5. The minimum absolute atomic E-state index is 0.0148. The Bertz CT molecular complexity index is 1140. The lowest BCUT2D eigenvalue weighted by Crippen LogP contribution is -2.53. The standard InChI is InChI=1S/C24H23N3O2/c28-23(25-14-7-1-2-8-14)20-13-18-15-9-5-6-12-19(15)26-21(18)22-16-10-3-4-11-17(16)24(29)27(20)22/h3-6,9-12,14,20,22,26H,1-2,7-8,13H2,(H,25,28). The predicted molar refractivity (Wildman–Crippen MR) is 111 cm³/mol. The highest BCUT2D eigenvalue weighted by molar-refractivity contribution is 6.03. The summed E-state index contributed by atoms with van der Waals surface area (Å²) in [6.45, 7) is 0. The van der Waals surface area contributed by atoms with Crippen molar-refractivity contribution in [3.8, 4) is 0 Å². The summed E-state index contributed by atoms with van der Waals surface area (Å²) in [7, 11) is 0. The molecule has 1 saturated carbocycles. The van der Waals surface area contributed by atoms with Crippen LogP contribution in [0.25, 0.3) is 10.9 Å². The molecule has 2 N–H and O–H groups in total. The van der Waals surface area contributed by atoms with E-state index in [-0.39, 0.29) is 23.9 Å². The van der Waals surface area contributed by atoms with Crippen molar-refractivity contribution in [3.63, 3.8) is 0 Å². The van der Waals surface area contributed by atoms with Crippen molar-refractivity contribution < 1.29 is 9.59 Å². The predicted octanol–water partition coefficient (Wildman–Crippen LogP) is 3.70. The zero-order chi connectivity index (χ0) is 19.5. The monoisotopic (exact) mass is 385 g/mol. The van der Waals surface area contributed by atoms with E-state index in [1.54, 1.807) is 0 Å². The van der Waals surface area contributed by atoms with E-state index >= 15 is 0 Å². The van der Waals surface area contributed by atoms with Crippen LogP contribution in [0, 0.1) is 0 Å². The fraction of sp³-hybridized carbons (Fsp3) is 0.333. The maximum atomic E-state index is 13.3. The fourth-order valence-electron chi connectivity index (χ4n) is 5.50. The Hall–Kier alpha value is -3.08. The molecule has 29 heavy (non-hydrogen) atoms. The van der Waals surface area contributed by atoms with E-state index in [0.717, 1.165) is 40.6 Å². The number of H-pyrrole nitrogens is 1. The molecule has 3 heterocycles. The molecule has 2 unspecified atom stereocenters. The van der Waals surface area contributed by atoms with Gasteiger partial charge in [0.05, 0.1) is 6.04 Å². The summed E-state index contributed by atoms with van der Waals surface area (Å²) < 4.78 is 0. The van der Waals surface area contributed by atoms with Crippen molar-refractivity contribution in [3.05, 3.63) is 70.9 Å². The second kappa shape index (κ2) is 6.21. The van der Waals surface area contributed by atoms with Crippen molar-refractivity contribution in [1.82, 2.24) is 15.2 Å². The van der Waals surface area contributed by atoms with Gasteiger partial charge in [-0.25, -0.2) is 0 Å². The number of amides is 2. The van der Waals surface area contributed by atoms with E-state index in [0.29, 0.717) is 12.0 Å². The van der Waals surface area contributed by atoms with Crippen LogP contribution >= 0.6 is 0 Å². The SMILES string of the molecule is O=C(NC1CCCC1)C1Cc2c([nH]c3ccccc23)C2c3ccccc3C(=O)N12. The number of nitrogens with one attached hydrogen (secondary N) is 2. The average molecular weight is 385 g/mol. The molecule has 5 nitrogen and oxygen atoms in total. The van der Waals surface area contributed by atoms with Crippen LogP contribution in [-0.4, -0.2) is 33.8 Å². The molecule has 1 aromatic heterocycles. The second-order valence-corrected chi connectivity index (χ2v) is 8.47. The number of benzene rings is 2. The number of para-hydroxylation sites is 1. The van der Waals surface area contributed by atoms with Crippen molar-refractivity contribution in [2.45, 2.75) is 50.2 Å². The van der Waals surface area contributed by atoms with Gasteiger partial charge in [-0.15, -0.1) is 0 Å². The van der Waals surface area contributed by atoms with Gasteiger partial charge in [-0.1, -0.05) is 49.2 Å². The number of carbonyl (C=O) groups excluding carboxylic acids is 2. The van der Waals surface area contributed by atoms with E-state index in [1.807, 2.05) is 41.3 Å². The largest absolute Gasteiger partial charge is 0.356 e. The summed E-state index contributed by atoms with van der Waals surface area (Å²) in [5.74, 6) is -0.0551. The molecule has 0 spiro atoms. The van der Waals surface area contributed by atoms with Gasteiger partial charge >= 0.3 is 0 Å². The van der Waals surface area contributed by atoms with Crippen molar-refractivity contribution >= 4 is 22.7 Å². The van der Waals surface area contributed by atoms with Gasteiger partial charge < -0.3 is 15.2 Å². The smallest absolute Gasteiger partial charge is 0.255 e. The topological polar surface area (TPSA) is 65.2 Å². The van der Waals surface area contributed by atoms with Crippen LogP contribution < -0.4 is 5.32 Å². The lowest BCUT2D eigenvalue weighted by molar-refractivity contribution is -0.127. The van der Waals surface area contributed by atoms with Crippen LogP contribution in [0.15, 0.2) is 48.5 Å². The first-order chi connectivity index (χ1) is 14.2. The van der Waals surface area contributed by atoms with Crippen LogP contribution in [-0.2, 0) is 11.2 Å². The third-order valence-corrected chi connectivity index (χ3v) is 6.86. The summed E-state index contributed by atoms with van der Waals surface area (Å²) >= 11 is 0. The minimum Gasteiger partial charge on any atom is -0.356 e. The second-order valence-electron chi connectivity index (χ2n) is 8.47. The van der Waals surface area contributed by atoms with E-state index in [2.05, 4.69) is 22.4 Å². The quantitative estimate of drug-likeness (QED) is 0.706. The van der Waals surface area contributed by atoms with Gasteiger partial charge in [0.15, 0.2) is 0 Å². The van der Waals surface area contributed by atoms with Gasteiger partial charge in [0.1, 0.15) is 6.04 Å². The molecule has 2 aliphatic heterocycles. The highest BCUT2D eigenvalue weighted by Gasteiger charge is 2.49. The maximum Gasteiger partial charge on any atom is 0.255 e. The number of aromatic nitrogens is 1. The molecule has 1 aliphatic carbocycles. The van der Waals surface area contributed by atoms with Crippen LogP contribution in [0.5, 0.6) is 0 Å². The van der Waals surface area contributed by atoms with E-state index in [1.165, 1.54) is 12.8 Å². The third-order valence-electron chi connectivity index (χ3n) is 6.86. The van der Waals surface area contributed by atoms with Gasteiger partial charge in [-0.3, -0.25) is 9.59 Å². The number of aromatic amines is 1. The van der Waals surface area contributed by atoms with Gasteiger partial charge in [-0.2, -0.15) is 0 Å². The molecule has 1 fully saturated rings. The van der Waals surface area contributed by atoms with Crippen LogP contribution in [0.2, 0.25) is 0 Å². The number of hydrogen-bond acceptors (Lipinski definition) is 2. The normalized spacial score (nSPS) is 23.2. The van der Waals surface area contributed by atoms with Gasteiger partial charge in [0.2, 0.25) is 5.91 Å². The molecule has 6 rings (SSSR count). The molecule has 5 heteroatoms. The maximum absolute atomic E-state index is 13.3. The molecule has 2 atom stereocenters.